The molecule has 2 N–H and O–H groups in total. The van der Waals surface area contributed by atoms with Crippen LogP contribution in [0.1, 0.15) is 10.4 Å². The van der Waals surface area contributed by atoms with E-state index in [1.807, 2.05) is 0 Å². The summed E-state index contributed by atoms with van der Waals surface area (Å²) < 4.78 is 62.7. The quantitative estimate of drug-likeness (QED) is 0.309. The minimum Gasteiger partial charge on any atom is -0.451 e. The molecule has 0 aliphatic carbocycles. The molecule has 5 rings (SSSR count). The van der Waals surface area contributed by atoms with Gasteiger partial charge in [0.2, 0.25) is 11.6 Å². The number of amides is 1. The van der Waals surface area contributed by atoms with Gasteiger partial charge in [0.25, 0.3) is 5.91 Å². The Balaban J connectivity index is 1.44. The van der Waals surface area contributed by atoms with Crippen LogP contribution in [-0.4, -0.2) is 42.1 Å². The molecular formula is C25H19F4N5O2. The van der Waals surface area contributed by atoms with Crippen molar-refractivity contribution in [3.63, 3.8) is 0 Å². The Morgan fingerprint density at radius 3 is 2.56 bits per heavy atom. The number of carbonyl (C=O) groups excluding carboxylic acids is 1. The molecule has 11 heteroatoms. The molecule has 0 radical (unpaired) electrons. The number of carbonyl (C=O) groups is 1. The van der Waals surface area contributed by atoms with Crippen molar-refractivity contribution < 1.29 is 27.1 Å². The van der Waals surface area contributed by atoms with Crippen LogP contribution in [-0.2, 0) is 0 Å². The van der Waals surface area contributed by atoms with Crippen LogP contribution in [0.4, 0.5) is 29.1 Å². The van der Waals surface area contributed by atoms with Gasteiger partial charge in [-0.05, 0) is 30.3 Å². The summed E-state index contributed by atoms with van der Waals surface area (Å²) in [6.45, 7) is 3.11. The highest BCUT2D eigenvalue weighted by atomic mass is 19.2. The number of halogens is 4. The molecule has 3 aromatic carbocycles. The van der Waals surface area contributed by atoms with Gasteiger partial charge in [0.05, 0.1) is 22.9 Å². The van der Waals surface area contributed by atoms with Gasteiger partial charge in [0.15, 0.2) is 11.6 Å². The van der Waals surface area contributed by atoms with E-state index in [4.69, 9.17) is 4.74 Å². The predicted molar refractivity (Wildman–Crippen MR) is 125 cm³/mol. The molecule has 1 aromatic heterocycles. The third-order valence-electron chi connectivity index (χ3n) is 5.61. The number of anilines is 2. The van der Waals surface area contributed by atoms with Gasteiger partial charge in [0.1, 0.15) is 17.4 Å². The molecule has 0 unspecified atom stereocenters. The maximum atomic E-state index is 15.1. The number of nitrogens with one attached hydrogen (secondary N) is 2. The lowest BCUT2D eigenvalue weighted by Gasteiger charge is -2.28. The van der Waals surface area contributed by atoms with Crippen LogP contribution in [0.5, 0.6) is 11.5 Å². The van der Waals surface area contributed by atoms with Crippen LogP contribution in [0.15, 0.2) is 54.7 Å². The Bertz CT molecular complexity index is 1460. The van der Waals surface area contributed by atoms with Crippen LogP contribution in [0.2, 0.25) is 0 Å². The van der Waals surface area contributed by atoms with E-state index in [1.165, 1.54) is 24.3 Å². The molecule has 0 atom stereocenters. The summed E-state index contributed by atoms with van der Waals surface area (Å²) in [5, 5.41) is 5.37. The topological polar surface area (TPSA) is 79.4 Å². The molecule has 2 heterocycles. The highest BCUT2D eigenvalue weighted by Gasteiger charge is 2.23. The standard InChI is InChI=1S/C25H19F4N5O2/c26-15-3-1-2-14(10-15)25(35)33-20-12-17(27)22(28)24(23(20)29)36-16-4-5-18-19(11-16)32-21(13-31-18)34-8-6-30-7-9-34/h1-5,10-13,30H,6-9H2,(H,33,35). The van der Waals surface area contributed by atoms with E-state index in [9.17, 15) is 18.0 Å². The van der Waals surface area contributed by atoms with Crippen molar-refractivity contribution in [3.8, 4) is 11.5 Å². The molecule has 7 nitrogen and oxygen atoms in total. The zero-order chi connectivity index (χ0) is 25.2. The number of hydrogen-bond acceptors (Lipinski definition) is 6. The first-order chi connectivity index (χ1) is 17.4. The molecule has 1 saturated heterocycles. The molecule has 1 amide bonds. The second-order valence-electron chi connectivity index (χ2n) is 8.05. The van der Waals surface area contributed by atoms with Gasteiger partial charge < -0.3 is 20.3 Å². The number of aromatic nitrogens is 2. The van der Waals surface area contributed by atoms with Gasteiger partial charge in [-0.3, -0.25) is 9.78 Å². The Hall–Kier alpha value is -4.25. The van der Waals surface area contributed by atoms with Crippen molar-refractivity contribution in [2.45, 2.75) is 0 Å². The van der Waals surface area contributed by atoms with Gasteiger partial charge >= 0.3 is 0 Å². The van der Waals surface area contributed by atoms with Crippen molar-refractivity contribution in [1.29, 1.82) is 0 Å². The monoisotopic (exact) mass is 497 g/mol. The summed E-state index contributed by atoms with van der Waals surface area (Å²) in [5.41, 5.74) is 0.152. The number of fused-ring (bicyclic) bond motifs is 1. The lowest BCUT2D eigenvalue weighted by atomic mass is 10.2. The number of hydrogen-bond donors (Lipinski definition) is 2. The van der Waals surface area contributed by atoms with Crippen molar-refractivity contribution in [2.75, 3.05) is 36.4 Å². The average molecular weight is 497 g/mol. The summed E-state index contributed by atoms with van der Waals surface area (Å²) in [7, 11) is 0. The van der Waals surface area contributed by atoms with Gasteiger partial charge in [0, 0.05) is 43.9 Å². The van der Waals surface area contributed by atoms with Crippen LogP contribution in [0, 0.1) is 23.3 Å². The zero-order valence-electron chi connectivity index (χ0n) is 18.7. The first-order valence-corrected chi connectivity index (χ1v) is 11.0. The van der Waals surface area contributed by atoms with Gasteiger partial charge in [-0.25, -0.2) is 18.2 Å². The number of nitrogens with zero attached hydrogens (tertiary/aromatic N) is 3. The van der Waals surface area contributed by atoms with Gasteiger partial charge in [-0.1, -0.05) is 6.07 Å². The smallest absolute Gasteiger partial charge is 0.255 e. The van der Waals surface area contributed by atoms with Gasteiger partial charge in [-0.2, -0.15) is 4.39 Å². The Morgan fingerprint density at radius 1 is 0.972 bits per heavy atom. The molecule has 0 saturated carbocycles. The predicted octanol–water partition coefficient (Wildman–Crippen LogP) is 4.64. The summed E-state index contributed by atoms with van der Waals surface area (Å²) >= 11 is 0. The first kappa shape index (κ1) is 23.5. The molecule has 1 aliphatic rings. The van der Waals surface area contributed by atoms with E-state index in [2.05, 4.69) is 25.5 Å². The third kappa shape index (κ3) is 4.78. The van der Waals surface area contributed by atoms with Crippen LogP contribution >= 0.6 is 0 Å². The fraction of sp³-hybridized carbons (Fsp3) is 0.160. The van der Waals surface area contributed by atoms with Crippen LogP contribution < -0.4 is 20.3 Å². The Morgan fingerprint density at radius 2 is 1.78 bits per heavy atom. The molecule has 184 valence electrons. The van der Waals surface area contributed by atoms with Crippen molar-refractivity contribution in [3.05, 3.63) is 83.6 Å². The molecule has 0 bridgehead atoms. The summed E-state index contributed by atoms with van der Waals surface area (Å²) in [6, 6.07) is 9.52. The molecular weight excluding hydrogens is 478 g/mol. The normalized spacial score (nSPS) is 13.6. The van der Waals surface area contributed by atoms with E-state index in [0.717, 1.165) is 38.3 Å². The van der Waals surface area contributed by atoms with Crippen LogP contribution in [0.25, 0.3) is 11.0 Å². The van der Waals surface area contributed by atoms with E-state index in [0.29, 0.717) is 22.9 Å². The largest absolute Gasteiger partial charge is 0.451 e. The number of ether oxygens (including phenoxy) is 1. The Kier molecular flexibility index (Phi) is 6.38. The highest BCUT2D eigenvalue weighted by Crippen LogP contribution is 2.35. The van der Waals surface area contributed by atoms with E-state index in [-0.39, 0.29) is 11.3 Å². The van der Waals surface area contributed by atoms with Crippen LogP contribution in [0.3, 0.4) is 0 Å². The molecule has 1 aliphatic heterocycles. The van der Waals surface area contributed by atoms with Crippen molar-refractivity contribution in [1.82, 2.24) is 15.3 Å². The maximum absolute atomic E-state index is 15.1. The minimum atomic E-state index is -1.57. The molecule has 0 spiro atoms. The highest BCUT2D eigenvalue weighted by molar-refractivity contribution is 6.04. The number of piperazine rings is 1. The Labute approximate surface area is 202 Å². The number of rotatable bonds is 5. The fourth-order valence-corrected chi connectivity index (χ4v) is 3.79. The lowest BCUT2D eigenvalue weighted by Crippen LogP contribution is -2.43. The summed E-state index contributed by atoms with van der Waals surface area (Å²) in [5.74, 6) is -6.36. The first-order valence-electron chi connectivity index (χ1n) is 11.0. The van der Waals surface area contributed by atoms with E-state index >= 15 is 4.39 Å². The van der Waals surface area contributed by atoms with E-state index in [1.54, 1.807) is 12.3 Å². The zero-order valence-corrected chi connectivity index (χ0v) is 18.7. The van der Waals surface area contributed by atoms with E-state index < -0.39 is 40.6 Å². The number of benzene rings is 3. The third-order valence-corrected chi connectivity index (χ3v) is 5.61. The lowest BCUT2D eigenvalue weighted by molar-refractivity contribution is 0.102. The maximum Gasteiger partial charge on any atom is 0.255 e. The summed E-state index contributed by atoms with van der Waals surface area (Å²) in [4.78, 5) is 23.4. The second kappa shape index (κ2) is 9.78. The second-order valence-corrected chi connectivity index (χ2v) is 8.05. The SMILES string of the molecule is O=C(Nc1cc(F)c(F)c(Oc2ccc3ncc(N4CCNCC4)nc3c2)c1F)c1cccc(F)c1. The molecule has 4 aromatic rings. The summed E-state index contributed by atoms with van der Waals surface area (Å²) in [6.07, 6.45) is 1.65. The van der Waals surface area contributed by atoms with Crippen molar-refractivity contribution in [2.24, 2.45) is 0 Å². The molecule has 1 fully saturated rings. The minimum absolute atomic E-state index is 0.0138. The fourth-order valence-electron chi connectivity index (χ4n) is 3.79. The van der Waals surface area contributed by atoms with Crippen molar-refractivity contribution >= 4 is 28.4 Å². The van der Waals surface area contributed by atoms with Gasteiger partial charge in [-0.15, -0.1) is 0 Å². The average Bonchev–Trinajstić information content (AvgIpc) is 2.89. The molecule has 36 heavy (non-hydrogen) atoms.